The van der Waals surface area contributed by atoms with E-state index in [-0.39, 0.29) is 18.3 Å². The highest BCUT2D eigenvalue weighted by atomic mass is 32.2. The van der Waals surface area contributed by atoms with Gasteiger partial charge in [0.05, 0.1) is 6.04 Å². The molecule has 1 aliphatic rings. The van der Waals surface area contributed by atoms with Gasteiger partial charge in [-0.05, 0) is 53.9 Å². The second-order valence-electron chi connectivity index (χ2n) is 8.07. The van der Waals surface area contributed by atoms with Crippen molar-refractivity contribution in [2.24, 2.45) is 0 Å². The van der Waals surface area contributed by atoms with Crippen LogP contribution in [0.4, 0.5) is 10.1 Å². The Labute approximate surface area is 206 Å². The summed E-state index contributed by atoms with van der Waals surface area (Å²) in [7, 11) is 0. The second-order valence-corrected chi connectivity index (χ2v) is 9.18. The van der Waals surface area contributed by atoms with Crippen LogP contribution in [0.2, 0.25) is 0 Å². The van der Waals surface area contributed by atoms with Gasteiger partial charge in [0.2, 0.25) is 11.1 Å². The number of anilines is 1. The van der Waals surface area contributed by atoms with E-state index in [2.05, 4.69) is 27.9 Å². The number of nitrogens with zero attached hydrogens (tertiary/aromatic N) is 3. The van der Waals surface area contributed by atoms with Crippen LogP contribution in [0.3, 0.4) is 0 Å². The van der Waals surface area contributed by atoms with Gasteiger partial charge in [0.15, 0.2) is 5.82 Å². The van der Waals surface area contributed by atoms with Gasteiger partial charge in [0.25, 0.3) is 0 Å². The molecule has 0 unspecified atom stereocenters. The topological polar surface area (TPSA) is 81.1 Å². The highest BCUT2D eigenvalue weighted by Gasteiger charge is 2.38. The van der Waals surface area contributed by atoms with Crippen molar-refractivity contribution in [3.05, 3.63) is 102 Å². The largest absolute Gasteiger partial charge is 0.486 e. The van der Waals surface area contributed by atoms with E-state index in [0.717, 1.165) is 23.4 Å². The molecule has 35 heavy (non-hydrogen) atoms. The normalized spacial score (nSPS) is 16.7. The first-order valence-corrected chi connectivity index (χ1v) is 12.2. The number of nitrogens with one attached hydrogen (secondary N) is 2. The minimum Gasteiger partial charge on any atom is -0.486 e. The number of aromatic nitrogens is 3. The molecule has 0 saturated carbocycles. The lowest BCUT2D eigenvalue weighted by atomic mass is 10.0. The number of benzene rings is 3. The number of carbonyl (C=O) groups is 1. The van der Waals surface area contributed by atoms with E-state index in [0.29, 0.717) is 11.0 Å². The number of amides is 1. The van der Waals surface area contributed by atoms with Crippen LogP contribution in [0.25, 0.3) is 0 Å². The lowest BCUT2D eigenvalue weighted by Crippen LogP contribution is -2.41. The maximum Gasteiger partial charge on any atom is 0.240 e. The van der Waals surface area contributed by atoms with Crippen molar-refractivity contribution in [3.63, 3.8) is 0 Å². The maximum atomic E-state index is 13.6. The zero-order chi connectivity index (χ0) is 24.2. The Morgan fingerprint density at radius 3 is 2.51 bits per heavy atom. The van der Waals surface area contributed by atoms with Crippen LogP contribution in [-0.2, 0) is 17.8 Å². The standard InChI is InChI=1S/C26H24FN5O2S/c1-2-17-8-14-20(15-9-17)28-25(33)24-23(18-10-12-19(27)13-11-18)31-32-22(29-30-26(32)35-24)16-34-21-6-4-3-5-7-21/h3-15,23-24,31H,2,16H2,1H3,(H,28,33)/t23-,24-/m1/s1. The number of aryl methyl sites for hydroxylation is 1. The molecule has 1 aromatic heterocycles. The minimum atomic E-state index is -0.564. The van der Waals surface area contributed by atoms with E-state index in [9.17, 15) is 9.18 Å². The zero-order valence-electron chi connectivity index (χ0n) is 19.0. The summed E-state index contributed by atoms with van der Waals surface area (Å²) in [5, 5.41) is 11.5. The molecule has 5 rings (SSSR count). The molecular weight excluding hydrogens is 465 g/mol. The average Bonchev–Trinajstić information content (AvgIpc) is 3.30. The molecule has 0 aliphatic carbocycles. The summed E-state index contributed by atoms with van der Waals surface area (Å²) >= 11 is 1.31. The number of rotatable bonds is 7. The van der Waals surface area contributed by atoms with E-state index >= 15 is 0 Å². The van der Waals surface area contributed by atoms with Crippen molar-refractivity contribution >= 4 is 23.4 Å². The zero-order valence-corrected chi connectivity index (χ0v) is 19.8. The number of para-hydroxylation sites is 1. The van der Waals surface area contributed by atoms with Crippen LogP contribution in [0.1, 0.15) is 29.9 Å². The summed E-state index contributed by atoms with van der Waals surface area (Å²) in [6.07, 6.45) is 0.926. The number of ether oxygens (including phenoxy) is 1. The number of fused-ring (bicyclic) bond motifs is 1. The predicted molar refractivity (Wildman–Crippen MR) is 133 cm³/mol. The highest BCUT2D eigenvalue weighted by Crippen LogP contribution is 2.37. The van der Waals surface area contributed by atoms with E-state index < -0.39 is 11.3 Å². The van der Waals surface area contributed by atoms with Crippen molar-refractivity contribution in [1.82, 2.24) is 14.9 Å². The van der Waals surface area contributed by atoms with Crippen LogP contribution in [-0.4, -0.2) is 26.0 Å². The molecule has 0 saturated heterocycles. The van der Waals surface area contributed by atoms with Gasteiger partial charge in [-0.25, -0.2) is 9.07 Å². The van der Waals surface area contributed by atoms with Crippen molar-refractivity contribution in [3.8, 4) is 5.75 Å². The van der Waals surface area contributed by atoms with Gasteiger partial charge >= 0.3 is 0 Å². The molecule has 0 fully saturated rings. The van der Waals surface area contributed by atoms with Crippen LogP contribution in [0.15, 0.2) is 84.0 Å². The first kappa shape index (κ1) is 22.9. The lowest BCUT2D eigenvalue weighted by molar-refractivity contribution is -0.116. The number of hydrogen-bond acceptors (Lipinski definition) is 6. The Morgan fingerprint density at radius 1 is 1.06 bits per heavy atom. The quantitative estimate of drug-likeness (QED) is 0.382. The van der Waals surface area contributed by atoms with Crippen LogP contribution < -0.4 is 15.5 Å². The molecule has 1 amide bonds. The second kappa shape index (κ2) is 10.2. The third-order valence-corrected chi connectivity index (χ3v) is 6.95. The highest BCUT2D eigenvalue weighted by molar-refractivity contribution is 8.00. The maximum absolute atomic E-state index is 13.6. The van der Waals surface area contributed by atoms with Gasteiger partial charge < -0.3 is 15.5 Å². The number of thioether (sulfide) groups is 1. The van der Waals surface area contributed by atoms with Crippen molar-refractivity contribution in [1.29, 1.82) is 0 Å². The SMILES string of the molecule is CCc1ccc(NC(=O)[C@@H]2Sc3nnc(COc4ccccc4)n3N[C@@H]2c2ccc(F)cc2)cc1. The third-order valence-electron chi connectivity index (χ3n) is 5.73. The molecule has 4 aromatic rings. The average molecular weight is 490 g/mol. The van der Waals surface area contributed by atoms with Gasteiger partial charge in [0.1, 0.15) is 23.4 Å². The smallest absolute Gasteiger partial charge is 0.240 e. The fourth-order valence-electron chi connectivity index (χ4n) is 3.81. The Bertz CT molecular complexity index is 1300. The first-order valence-electron chi connectivity index (χ1n) is 11.3. The van der Waals surface area contributed by atoms with Gasteiger partial charge in [-0.1, -0.05) is 61.2 Å². The molecule has 0 bridgehead atoms. The van der Waals surface area contributed by atoms with E-state index in [1.54, 1.807) is 16.8 Å². The molecule has 7 nitrogen and oxygen atoms in total. The van der Waals surface area contributed by atoms with Crippen molar-refractivity contribution < 1.29 is 13.9 Å². The number of halogens is 1. The summed E-state index contributed by atoms with van der Waals surface area (Å²) in [5.41, 5.74) is 6.04. The fraction of sp³-hybridized carbons (Fsp3) is 0.192. The summed E-state index contributed by atoms with van der Waals surface area (Å²) < 4.78 is 21.2. The monoisotopic (exact) mass is 489 g/mol. The summed E-state index contributed by atoms with van der Waals surface area (Å²) in [5.74, 6) is 0.765. The van der Waals surface area contributed by atoms with E-state index in [4.69, 9.17) is 4.74 Å². The lowest BCUT2D eigenvalue weighted by Gasteiger charge is -2.33. The molecule has 178 valence electrons. The van der Waals surface area contributed by atoms with Crippen molar-refractivity contribution in [2.75, 3.05) is 10.7 Å². The molecular formula is C26H24FN5O2S. The summed E-state index contributed by atoms with van der Waals surface area (Å²) in [6, 6.07) is 22.9. The van der Waals surface area contributed by atoms with Gasteiger partial charge in [-0.15, -0.1) is 10.2 Å². The van der Waals surface area contributed by atoms with Crippen LogP contribution in [0, 0.1) is 5.82 Å². The van der Waals surface area contributed by atoms with Gasteiger partial charge in [-0.3, -0.25) is 4.79 Å². The van der Waals surface area contributed by atoms with Gasteiger partial charge in [-0.2, -0.15) is 0 Å². The van der Waals surface area contributed by atoms with E-state index in [1.165, 1.54) is 29.5 Å². The van der Waals surface area contributed by atoms with Crippen LogP contribution in [0.5, 0.6) is 5.75 Å². The molecule has 1 aliphatic heterocycles. The molecule has 0 radical (unpaired) electrons. The van der Waals surface area contributed by atoms with E-state index in [1.807, 2.05) is 54.6 Å². The molecule has 3 aromatic carbocycles. The number of carbonyl (C=O) groups excluding carboxylic acids is 1. The molecule has 9 heteroatoms. The minimum absolute atomic E-state index is 0.183. The third kappa shape index (κ3) is 5.14. The Kier molecular flexibility index (Phi) is 6.67. The summed E-state index contributed by atoms with van der Waals surface area (Å²) in [6.45, 7) is 2.28. The Hall–Kier alpha value is -3.85. The number of hydrogen-bond donors (Lipinski definition) is 2. The Balaban J connectivity index is 1.40. The Morgan fingerprint density at radius 2 is 1.80 bits per heavy atom. The first-order chi connectivity index (χ1) is 17.1. The van der Waals surface area contributed by atoms with Crippen LogP contribution >= 0.6 is 11.8 Å². The molecule has 0 spiro atoms. The molecule has 2 atom stereocenters. The molecule has 2 heterocycles. The van der Waals surface area contributed by atoms with Crippen molar-refractivity contribution in [2.45, 2.75) is 36.4 Å². The fourth-order valence-corrected chi connectivity index (χ4v) is 4.91. The van der Waals surface area contributed by atoms with Gasteiger partial charge in [0, 0.05) is 5.69 Å². The summed E-state index contributed by atoms with van der Waals surface area (Å²) in [4.78, 5) is 13.4. The predicted octanol–water partition coefficient (Wildman–Crippen LogP) is 4.96. The molecule has 2 N–H and O–H groups in total.